The third kappa shape index (κ3) is 6.92. The maximum absolute atomic E-state index is 12.9. The van der Waals surface area contributed by atoms with Crippen molar-refractivity contribution in [1.82, 2.24) is 10.2 Å². The number of carbonyl (C=O) groups excluding carboxylic acids is 3. The van der Waals surface area contributed by atoms with Crippen molar-refractivity contribution in [3.63, 3.8) is 0 Å². The summed E-state index contributed by atoms with van der Waals surface area (Å²) in [7, 11) is 0. The van der Waals surface area contributed by atoms with E-state index in [9.17, 15) is 18.8 Å². The molecule has 2 aromatic carbocycles. The average molecular weight is 385 g/mol. The third-order valence-corrected chi connectivity index (χ3v) is 4.16. The van der Waals surface area contributed by atoms with Crippen LogP contribution in [0.25, 0.3) is 0 Å². The Morgan fingerprint density at radius 2 is 1.54 bits per heavy atom. The first-order valence-corrected chi connectivity index (χ1v) is 9.01. The minimum absolute atomic E-state index is 0.0401. The summed E-state index contributed by atoms with van der Waals surface area (Å²) in [5.41, 5.74) is 1.96. The first-order valence-electron chi connectivity index (χ1n) is 9.01. The Morgan fingerprint density at radius 1 is 0.929 bits per heavy atom. The summed E-state index contributed by atoms with van der Waals surface area (Å²) in [6.07, 6.45) is 0. The van der Waals surface area contributed by atoms with Crippen molar-refractivity contribution in [1.29, 1.82) is 0 Å². The van der Waals surface area contributed by atoms with Crippen LogP contribution in [-0.4, -0.2) is 42.1 Å². The average Bonchev–Trinajstić information content (AvgIpc) is 2.67. The predicted molar refractivity (Wildman–Crippen MR) is 105 cm³/mol. The van der Waals surface area contributed by atoms with Crippen LogP contribution in [0.3, 0.4) is 0 Å². The Bertz CT molecular complexity index is 820. The van der Waals surface area contributed by atoms with Crippen LogP contribution >= 0.6 is 0 Å². The van der Waals surface area contributed by atoms with E-state index < -0.39 is 0 Å². The highest BCUT2D eigenvalue weighted by molar-refractivity contribution is 5.96. The van der Waals surface area contributed by atoms with Gasteiger partial charge in [-0.15, -0.1) is 0 Å². The van der Waals surface area contributed by atoms with Gasteiger partial charge in [-0.05, 0) is 55.4 Å². The zero-order valence-electron chi connectivity index (χ0n) is 16.0. The van der Waals surface area contributed by atoms with E-state index in [2.05, 4.69) is 10.6 Å². The van der Waals surface area contributed by atoms with Gasteiger partial charge in [0.15, 0.2) is 5.78 Å². The highest BCUT2D eigenvalue weighted by Crippen LogP contribution is 2.10. The van der Waals surface area contributed by atoms with Crippen molar-refractivity contribution >= 4 is 23.3 Å². The van der Waals surface area contributed by atoms with Gasteiger partial charge in [-0.25, -0.2) is 4.39 Å². The Morgan fingerprint density at radius 3 is 2.11 bits per heavy atom. The molecule has 7 heteroatoms. The van der Waals surface area contributed by atoms with Gasteiger partial charge in [0.05, 0.1) is 13.1 Å². The number of rotatable bonds is 9. The van der Waals surface area contributed by atoms with Crippen LogP contribution < -0.4 is 10.6 Å². The highest BCUT2D eigenvalue weighted by Gasteiger charge is 2.13. The van der Waals surface area contributed by atoms with E-state index in [-0.39, 0.29) is 36.5 Å². The standard InChI is InChI=1S/C21H24FN3O3/c1-3-25(13-20(27)23-12-16-4-8-18(22)9-5-16)14-21(28)24-19-10-6-17(7-11-19)15(2)26/h4-11H,3,12-14H2,1-2H3,(H,23,27)(H,24,28). The number of nitrogens with one attached hydrogen (secondary N) is 2. The second kappa shape index (κ2) is 10.3. The normalized spacial score (nSPS) is 10.6. The molecular formula is C21H24FN3O3. The molecule has 0 saturated carbocycles. The molecule has 0 fully saturated rings. The van der Waals surface area contributed by atoms with Crippen molar-refractivity contribution in [2.24, 2.45) is 0 Å². The molecule has 2 N–H and O–H groups in total. The number of halogens is 1. The fourth-order valence-corrected chi connectivity index (χ4v) is 2.53. The molecule has 0 aromatic heterocycles. The number of ketones is 1. The van der Waals surface area contributed by atoms with Crippen LogP contribution in [-0.2, 0) is 16.1 Å². The van der Waals surface area contributed by atoms with Crippen LogP contribution in [0, 0.1) is 5.82 Å². The Balaban J connectivity index is 1.80. The molecule has 0 radical (unpaired) electrons. The Hall–Kier alpha value is -3.06. The van der Waals surface area contributed by atoms with E-state index in [1.54, 1.807) is 41.3 Å². The van der Waals surface area contributed by atoms with Crippen molar-refractivity contribution in [2.75, 3.05) is 25.0 Å². The van der Waals surface area contributed by atoms with Gasteiger partial charge in [0.25, 0.3) is 0 Å². The fraction of sp³-hybridized carbons (Fsp3) is 0.286. The first kappa shape index (κ1) is 21.2. The lowest BCUT2D eigenvalue weighted by Crippen LogP contribution is -2.40. The number of nitrogens with zero attached hydrogens (tertiary/aromatic N) is 1. The van der Waals surface area contributed by atoms with E-state index in [0.29, 0.717) is 24.3 Å². The smallest absolute Gasteiger partial charge is 0.238 e. The van der Waals surface area contributed by atoms with E-state index in [4.69, 9.17) is 0 Å². The lowest BCUT2D eigenvalue weighted by molar-refractivity contribution is -0.123. The summed E-state index contributed by atoms with van der Waals surface area (Å²) in [6.45, 7) is 4.31. The Kier molecular flexibility index (Phi) is 7.83. The summed E-state index contributed by atoms with van der Waals surface area (Å²) in [6, 6.07) is 12.5. The van der Waals surface area contributed by atoms with Crippen LogP contribution in [0.15, 0.2) is 48.5 Å². The van der Waals surface area contributed by atoms with Crippen molar-refractivity contribution in [3.8, 4) is 0 Å². The molecule has 0 unspecified atom stereocenters. The number of benzene rings is 2. The largest absolute Gasteiger partial charge is 0.351 e. The quantitative estimate of drug-likeness (QED) is 0.651. The number of likely N-dealkylation sites (N-methyl/N-ethyl adjacent to an activating group) is 1. The number of anilines is 1. The molecule has 0 bridgehead atoms. The molecule has 6 nitrogen and oxygen atoms in total. The third-order valence-electron chi connectivity index (χ3n) is 4.16. The molecular weight excluding hydrogens is 361 g/mol. The lowest BCUT2D eigenvalue weighted by Gasteiger charge is -2.19. The molecule has 2 aromatic rings. The van der Waals surface area contributed by atoms with Gasteiger partial charge in [-0.2, -0.15) is 0 Å². The number of hydrogen-bond acceptors (Lipinski definition) is 4. The van der Waals surface area contributed by atoms with Crippen molar-refractivity contribution in [2.45, 2.75) is 20.4 Å². The van der Waals surface area contributed by atoms with E-state index in [0.717, 1.165) is 5.56 Å². The monoisotopic (exact) mass is 385 g/mol. The van der Waals surface area contributed by atoms with E-state index in [1.807, 2.05) is 6.92 Å². The van der Waals surface area contributed by atoms with Crippen molar-refractivity contribution < 1.29 is 18.8 Å². The van der Waals surface area contributed by atoms with E-state index in [1.165, 1.54) is 19.1 Å². The molecule has 0 aliphatic rings. The van der Waals surface area contributed by atoms with E-state index >= 15 is 0 Å². The summed E-state index contributed by atoms with van der Waals surface area (Å²) < 4.78 is 12.9. The second-order valence-electron chi connectivity index (χ2n) is 6.39. The maximum atomic E-state index is 12.9. The molecule has 0 aliphatic heterocycles. The fourth-order valence-electron chi connectivity index (χ4n) is 2.53. The minimum atomic E-state index is -0.325. The van der Waals surface area contributed by atoms with Gasteiger partial charge in [0.2, 0.25) is 11.8 Å². The summed E-state index contributed by atoms with van der Waals surface area (Å²) >= 11 is 0. The first-order chi connectivity index (χ1) is 13.4. The Labute approximate surface area is 163 Å². The van der Waals surface area contributed by atoms with Gasteiger partial charge >= 0.3 is 0 Å². The molecule has 0 aliphatic carbocycles. The SMILES string of the molecule is CCN(CC(=O)NCc1ccc(F)cc1)CC(=O)Nc1ccc(C(C)=O)cc1. The molecule has 0 spiro atoms. The van der Waals surface area contributed by atoms with Gasteiger partial charge in [-0.1, -0.05) is 19.1 Å². The second-order valence-corrected chi connectivity index (χ2v) is 6.39. The molecule has 0 atom stereocenters. The zero-order valence-corrected chi connectivity index (χ0v) is 16.0. The number of hydrogen-bond donors (Lipinski definition) is 2. The molecule has 0 saturated heterocycles. The summed E-state index contributed by atoms with van der Waals surface area (Å²) in [5, 5.41) is 5.51. The van der Waals surface area contributed by atoms with Gasteiger partial charge in [0, 0.05) is 17.8 Å². The molecule has 2 rings (SSSR count). The number of carbonyl (C=O) groups is 3. The molecule has 28 heavy (non-hydrogen) atoms. The number of Topliss-reactive ketones (excluding diaryl/α,β-unsaturated/α-hetero) is 1. The zero-order chi connectivity index (χ0) is 20.5. The summed E-state index contributed by atoms with van der Waals surface area (Å²) in [4.78, 5) is 37.3. The van der Waals surface area contributed by atoms with Crippen LogP contribution in [0.5, 0.6) is 0 Å². The maximum Gasteiger partial charge on any atom is 0.238 e. The molecule has 2 amide bonds. The minimum Gasteiger partial charge on any atom is -0.351 e. The van der Waals surface area contributed by atoms with Gasteiger partial charge in [-0.3, -0.25) is 19.3 Å². The number of amides is 2. The van der Waals surface area contributed by atoms with Crippen LogP contribution in [0.1, 0.15) is 29.8 Å². The van der Waals surface area contributed by atoms with Crippen LogP contribution in [0.2, 0.25) is 0 Å². The highest BCUT2D eigenvalue weighted by atomic mass is 19.1. The summed E-state index contributed by atoms with van der Waals surface area (Å²) in [5.74, 6) is -0.829. The molecule has 148 valence electrons. The predicted octanol–water partition coefficient (Wildman–Crippen LogP) is 2.61. The molecule has 0 heterocycles. The van der Waals surface area contributed by atoms with Crippen LogP contribution in [0.4, 0.5) is 10.1 Å². The van der Waals surface area contributed by atoms with Gasteiger partial charge in [0.1, 0.15) is 5.82 Å². The van der Waals surface area contributed by atoms with Crippen molar-refractivity contribution in [3.05, 3.63) is 65.5 Å². The lowest BCUT2D eigenvalue weighted by atomic mass is 10.1. The van der Waals surface area contributed by atoms with Gasteiger partial charge < -0.3 is 10.6 Å². The topological polar surface area (TPSA) is 78.5 Å².